The summed E-state index contributed by atoms with van der Waals surface area (Å²) in [5.74, 6) is 0.308. The number of likely N-dealkylation sites (tertiary alicyclic amines) is 1. The maximum Gasteiger partial charge on any atom is 0.272 e. The number of methoxy groups -OCH3 is 1. The zero-order chi connectivity index (χ0) is 21.7. The van der Waals surface area contributed by atoms with Crippen LogP contribution < -0.4 is 10.1 Å². The Hall–Kier alpha value is -3.42. The van der Waals surface area contributed by atoms with Gasteiger partial charge in [0.25, 0.3) is 11.6 Å². The summed E-state index contributed by atoms with van der Waals surface area (Å²) in [7, 11) is 1.61. The van der Waals surface area contributed by atoms with Crippen LogP contribution in [0.4, 0.5) is 5.69 Å². The van der Waals surface area contributed by atoms with E-state index >= 15 is 0 Å². The summed E-state index contributed by atoms with van der Waals surface area (Å²) in [4.78, 5) is 37.7. The van der Waals surface area contributed by atoms with E-state index in [-0.39, 0.29) is 17.5 Å². The number of para-hydroxylation sites is 1. The highest BCUT2D eigenvalue weighted by Crippen LogP contribution is 2.24. The third kappa shape index (κ3) is 4.59. The molecule has 3 rings (SSSR count). The SMILES string of the molecule is COc1ccccc1CCNC(=O)C1CCCN1C(=O)c1ccc([N+](=O)[O-])c(C)c1. The van der Waals surface area contributed by atoms with Crippen LogP contribution in [0.5, 0.6) is 5.75 Å². The second-order valence-electron chi connectivity index (χ2n) is 7.27. The van der Waals surface area contributed by atoms with E-state index < -0.39 is 11.0 Å². The van der Waals surface area contributed by atoms with E-state index in [0.717, 1.165) is 17.7 Å². The Morgan fingerprint density at radius 3 is 2.73 bits per heavy atom. The minimum absolute atomic E-state index is 0.0291. The molecule has 2 amide bonds. The Kier molecular flexibility index (Phi) is 6.66. The Balaban J connectivity index is 1.63. The second-order valence-corrected chi connectivity index (χ2v) is 7.27. The van der Waals surface area contributed by atoms with Gasteiger partial charge >= 0.3 is 0 Å². The molecule has 1 N–H and O–H groups in total. The highest BCUT2D eigenvalue weighted by atomic mass is 16.6. The van der Waals surface area contributed by atoms with Crippen LogP contribution in [-0.4, -0.2) is 47.9 Å². The Morgan fingerprint density at radius 2 is 2.03 bits per heavy atom. The van der Waals surface area contributed by atoms with Crippen LogP contribution in [0.15, 0.2) is 42.5 Å². The summed E-state index contributed by atoms with van der Waals surface area (Å²) in [5, 5.41) is 13.9. The first-order valence-electron chi connectivity index (χ1n) is 9.88. The maximum absolute atomic E-state index is 12.9. The molecule has 1 atom stereocenters. The van der Waals surface area contributed by atoms with E-state index in [1.54, 1.807) is 18.9 Å². The first kappa shape index (κ1) is 21.3. The van der Waals surface area contributed by atoms with E-state index in [2.05, 4.69) is 5.32 Å². The normalized spacial score (nSPS) is 15.7. The summed E-state index contributed by atoms with van der Waals surface area (Å²) in [5.41, 5.74) is 1.74. The number of carbonyl (C=O) groups excluding carboxylic acids is 2. The molecule has 1 unspecified atom stereocenters. The second kappa shape index (κ2) is 9.39. The molecule has 8 nitrogen and oxygen atoms in total. The van der Waals surface area contributed by atoms with Crippen molar-refractivity contribution in [2.75, 3.05) is 20.2 Å². The van der Waals surface area contributed by atoms with Crippen molar-refractivity contribution in [1.82, 2.24) is 10.2 Å². The lowest BCUT2D eigenvalue weighted by Crippen LogP contribution is -2.46. The lowest BCUT2D eigenvalue weighted by molar-refractivity contribution is -0.385. The van der Waals surface area contributed by atoms with E-state index in [4.69, 9.17) is 4.74 Å². The van der Waals surface area contributed by atoms with Gasteiger partial charge in [0.1, 0.15) is 11.8 Å². The Labute approximate surface area is 175 Å². The zero-order valence-electron chi connectivity index (χ0n) is 17.1. The van der Waals surface area contributed by atoms with E-state index in [1.807, 2.05) is 24.3 Å². The quantitative estimate of drug-likeness (QED) is 0.558. The molecule has 0 radical (unpaired) electrons. The number of hydrogen-bond acceptors (Lipinski definition) is 5. The summed E-state index contributed by atoms with van der Waals surface area (Å²) in [6.45, 7) is 2.52. The molecule has 30 heavy (non-hydrogen) atoms. The largest absolute Gasteiger partial charge is 0.496 e. The number of amides is 2. The van der Waals surface area contributed by atoms with Crippen molar-refractivity contribution in [3.05, 3.63) is 69.3 Å². The molecule has 1 fully saturated rings. The smallest absolute Gasteiger partial charge is 0.272 e. The van der Waals surface area contributed by atoms with Gasteiger partial charge in [-0.2, -0.15) is 0 Å². The minimum atomic E-state index is -0.536. The molecule has 8 heteroatoms. The number of nitro benzene ring substituents is 1. The number of aryl methyl sites for hydroxylation is 1. The van der Waals surface area contributed by atoms with E-state index in [1.165, 1.54) is 18.2 Å². The van der Waals surface area contributed by atoms with Gasteiger partial charge in [-0.25, -0.2) is 0 Å². The molecule has 1 saturated heterocycles. The monoisotopic (exact) mass is 411 g/mol. The fourth-order valence-electron chi connectivity index (χ4n) is 3.79. The first-order valence-corrected chi connectivity index (χ1v) is 9.88. The molecule has 0 aromatic heterocycles. The van der Waals surface area contributed by atoms with Gasteiger partial charge in [0.05, 0.1) is 12.0 Å². The maximum atomic E-state index is 12.9. The standard InChI is InChI=1S/C22H25N3O5/c1-15-14-17(9-10-18(15)25(28)29)22(27)24-13-5-7-19(24)21(26)23-12-11-16-6-3-4-8-20(16)30-2/h3-4,6,8-10,14,19H,5,7,11-13H2,1-2H3,(H,23,26). The van der Waals surface area contributed by atoms with Crippen molar-refractivity contribution in [2.45, 2.75) is 32.2 Å². The van der Waals surface area contributed by atoms with Gasteiger partial charge in [-0.15, -0.1) is 0 Å². The molecular weight excluding hydrogens is 386 g/mol. The number of benzene rings is 2. The van der Waals surface area contributed by atoms with Crippen molar-refractivity contribution >= 4 is 17.5 Å². The fraction of sp³-hybridized carbons (Fsp3) is 0.364. The Morgan fingerprint density at radius 1 is 1.27 bits per heavy atom. The third-order valence-electron chi connectivity index (χ3n) is 5.34. The minimum Gasteiger partial charge on any atom is -0.496 e. The average molecular weight is 411 g/mol. The van der Waals surface area contributed by atoms with Crippen LogP contribution in [0.3, 0.4) is 0 Å². The predicted octanol–water partition coefficient (Wildman–Crippen LogP) is 2.88. The van der Waals surface area contributed by atoms with Gasteiger partial charge in [0.2, 0.25) is 5.91 Å². The molecular formula is C22H25N3O5. The van der Waals surface area contributed by atoms with Gasteiger partial charge in [0, 0.05) is 30.3 Å². The van der Waals surface area contributed by atoms with Crippen LogP contribution >= 0.6 is 0 Å². The summed E-state index contributed by atoms with van der Waals surface area (Å²) in [6, 6.07) is 11.4. The summed E-state index contributed by atoms with van der Waals surface area (Å²) >= 11 is 0. The molecule has 0 spiro atoms. The molecule has 0 aliphatic carbocycles. The van der Waals surface area contributed by atoms with Crippen LogP contribution in [0.1, 0.15) is 34.3 Å². The zero-order valence-corrected chi connectivity index (χ0v) is 17.1. The van der Waals surface area contributed by atoms with E-state index in [0.29, 0.717) is 37.1 Å². The Bertz CT molecular complexity index is 960. The van der Waals surface area contributed by atoms with Crippen LogP contribution in [0, 0.1) is 17.0 Å². The fourth-order valence-corrected chi connectivity index (χ4v) is 3.79. The lowest BCUT2D eigenvalue weighted by atomic mass is 10.1. The number of hydrogen-bond donors (Lipinski definition) is 1. The number of carbonyl (C=O) groups is 2. The van der Waals surface area contributed by atoms with Crippen molar-refractivity contribution in [3.8, 4) is 5.75 Å². The predicted molar refractivity (Wildman–Crippen MR) is 112 cm³/mol. The molecule has 0 saturated carbocycles. The molecule has 2 aromatic rings. The highest BCUT2D eigenvalue weighted by molar-refractivity contribution is 5.98. The van der Waals surface area contributed by atoms with Crippen molar-refractivity contribution in [3.63, 3.8) is 0 Å². The lowest BCUT2D eigenvalue weighted by Gasteiger charge is -2.24. The van der Waals surface area contributed by atoms with Crippen molar-refractivity contribution < 1.29 is 19.2 Å². The molecule has 1 heterocycles. The van der Waals surface area contributed by atoms with Crippen molar-refractivity contribution in [2.24, 2.45) is 0 Å². The molecule has 0 bridgehead atoms. The van der Waals surface area contributed by atoms with Gasteiger partial charge in [-0.05, 0) is 49.9 Å². The van der Waals surface area contributed by atoms with Gasteiger partial charge in [-0.3, -0.25) is 19.7 Å². The summed E-state index contributed by atoms with van der Waals surface area (Å²) in [6.07, 6.45) is 1.96. The van der Waals surface area contributed by atoms with Gasteiger partial charge in [-0.1, -0.05) is 18.2 Å². The van der Waals surface area contributed by atoms with Gasteiger partial charge in [0.15, 0.2) is 0 Å². The van der Waals surface area contributed by atoms with E-state index in [9.17, 15) is 19.7 Å². The number of nitro groups is 1. The highest BCUT2D eigenvalue weighted by Gasteiger charge is 2.34. The average Bonchev–Trinajstić information content (AvgIpc) is 3.23. The first-order chi connectivity index (χ1) is 14.4. The molecule has 1 aliphatic rings. The number of rotatable bonds is 7. The number of ether oxygens (including phenoxy) is 1. The van der Waals surface area contributed by atoms with Crippen LogP contribution in [-0.2, 0) is 11.2 Å². The van der Waals surface area contributed by atoms with Crippen LogP contribution in [0.2, 0.25) is 0 Å². The van der Waals surface area contributed by atoms with Crippen molar-refractivity contribution in [1.29, 1.82) is 0 Å². The number of nitrogens with one attached hydrogen (secondary N) is 1. The van der Waals surface area contributed by atoms with Gasteiger partial charge < -0.3 is 15.0 Å². The molecule has 2 aromatic carbocycles. The molecule has 1 aliphatic heterocycles. The number of nitrogens with zero attached hydrogens (tertiary/aromatic N) is 2. The van der Waals surface area contributed by atoms with Crippen LogP contribution in [0.25, 0.3) is 0 Å². The molecule has 158 valence electrons. The third-order valence-corrected chi connectivity index (χ3v) is 5.34. The summed E-state index contributed by atoms with van der Waals surface area (Å²) < 4.78 is 5.33. The topological polar surface area (TPSA) is 102 Å².